The zero-order chi connectivity index (χ0) is 15.1. The number of hydrogen-bond acceptors (Lipinski definition) is 8. The van der Waals surface area contributed by atoms with Gasteiger partial charge in [0.1, 0.15) is 23.4 Å². The SMILES string of the molecule is COc1ccc(OCC#N)c(C=NNc2nc(N)cs2)c1. The largest absolute Gasteiger partial charge is 0.497 e. The molecule has 0 aliphatic heterocycles. The van der Waals surface area contributed by atoms with Crippen molar-refractivity contribution in [2.75, 3.05) is 24.9 Å². The number of anilines is 2. The van der Waals surface area contributed by atoms with E-state index in [0.717, 1.165) is 0 Å². The van der Waals surface area contributed by atoms with Gasteiger partial charge in [0.2, 0.25) is 5.13 Å². The van der Waals surface area contributed by atoms with Gasteiger partial charge >= 0.3 is 0 Å². The number of nitriles is 1. The Bertz CT molecular complexity index is 677. The highest BCUT2D eigenvalue weighted by Crippen LogP contribution is 2.23. The van der Waals surface area contributed by atoms with Crippen molar-refractivity contribution in [2.45, 2.75) is 0 Å². The van der Waals surface area contributed by atoms with Crippen LogP contribution in [0.1, 0.15) is 5.56 Å². The van der Waals surface area contributed by atoms with Crippen molar-refractivity contribution in [2.24, 2.45) is 5.10 Å². The predicted molar refractivity (Wildman–Crippen MR) is 81.8 cm³/mol. The number of aromatic nitrogens is 1. The zero-order valence-corrected chi connectivity index (χ0v) is 12.1. The van der Waals surface area contributed by atoms with Gasteiger partial charge in [0.15, 0.2) is 6.61 Å². The Hall–Kier alpha value is -2.79. The molecule has 21 heavy (non-hydrogen) atoms. The number of methoxy groups -OCH3 is 1. The van der Waals surface area contributed by atoms with E-state index in [9.17, 15) is 0 Å². The van der Waals surface area contributed by atoms with Crippen molar-refractivity contribution in [3.8, 4) is 17.6 Å². The van der Waals surface area contributed by atoms with Crippen LogP contribution in [-0.2, 0) is 0 Å². The molecular weight excluding hydrogens is 290 g/mol. The Morgan fingerprint density at radius 1 is 1.57 bits per heavy atom. The molecule has 0 aliphatic carbocycles. The molecule has 0 bridgehead atoms. The summed E-state index contributed by atoms with van der Waals surface area (Å²) in [5, 5.41) is 15.0. The highest BCUT2D eigenvalue weighted by Gasteiger charge is 2.04. The molecule has 1 aromatic heterocycles. The topological polar surface area (TPSA) is 106 Å². The number of benzene rings is 1. The third-order valence-electron chi connectivity index (χ3n) is 2.39. The molecule has 0 atom stereocenters. The van der Waals surface area contributed by atoms with Gasteiger partial charge in [-0.2, -0.15) is 10.4 Å². The molecule has 0 aliphatic rings. The van der Waals surface area contributed by atoms with Gasteiger partial charge in [-0.25, -0.2) is 4.98 Å². The van der Waals surface area contributed by atoms with Crippen LogP contribution in [0.5, 0.6) is 11.5 Å². The number of nitrogens with zero attached hydrogens (tertiary/aromatic N) is 3. The summed E-state index contributed by atoms with van der Waals surface area (Å²) in [5.74, 6) is 1.65. The number of nitrogens with two attached hydrogens (primary N) is 1. The lowest BCUT2D eigenvalue weighted by atomic mass is 10.2. The fourth-order valence-corrected chi connectivity index (χ4v) is 2.04. The van der Waals surface area contributed by atoms with E-state index in [-0.39, 0.29) is 6.61 Å². The van der Waals surface area contributed by atoms with Crippen LogP contribution in [0.15, 0.2) is 28.7 Å². The first-order valence-corrected chi connectivity index (χ1v) is 6.78. The summed E-state index contributed by atoms with van der Waals surface area (Å²) < 4.78 is 10.5. The maximum atomic E-state index is 8.58. The average molecular weight is 303 g/mol. The van der Waals surface area contributed by atoms with Crippen LogP contribution in [0, 0.1) is 11.3 Å². The Balaban J connectivity index is 2.14. The Morgan fingerprint density at radius 2 is 2.43 bits per heavy atom. The van der Waals surface area contributed by atoms with Crippen molar-refractivity contribution in [1.29, 1.82) is 5.26 Å². The minimum absolute atomic E-state index is 0.0381. The van der Waals surface area contributed by atoms with Crippen molar-refractivity contribution >= 4 is 28.5 Å². The van der Waals surface area contributed by atoms with Gasteiger partial charge in [0, 0.05) is 10.9 Å². The second-order valence-electron chi connectivity index (χ2n) is 3.80. The summed E-state index contributed by atoms with van der Waals surface area (Å²) >= 11 is 1.35. The van der Waals surface area contributed by atoms with E-state index in [2.05, 4.69) is 15.5 Å². The minimum atomic E-state index is -0.0381. The van der Waals surface area contributed by atoms with Crippen LogP contribution in [0.25, 0.3) is 0 Å². The van der Waals surface area contributed by atoms with Gasteiger partial charge in [-0.15, -0.1) is 11.3 Å². The van der Waals surface area contributed by atoms with Gasteiger partial charge in [-0.05, 0) is 18.2 Å². The third-order valence-corrected chi connectivity index (χ3v) is 3.16. The lowest BCUT2D eigenvalue weighted by molar-refractivity contribution is 0.365. The van der Waals surface area contributed by atoms with E-state index in [4.69, 9.17) is 20.5 Å². The molecule has 0 spiro atoms. The number of hydrogen-bond donors (Lipinski definition) is 2. The van der Waals surface area contributed by atoms with Crippen LogP contribution < -0.4 is 20.6 Å². The van der Waals surface area contributed by atoms with Gasteiger partial charge in [0.25, 0.3) is 0 Å². The van der Waals surface area contributed by atoms with Gasteiger partial charge < -0.3 is 15.2 Å². The number of nitrogen functional groups attached to an aromatic ring is 1. The minimum Gasteiger partial charge on any atom is -0.497 e. The number of nitrogens with one attached hydrogen (secondary N) is 1. The average Bonchev–Trinajstić information content (AvgIpc) is 2.91. The third kappa shape index (κ3) is 4.09. The van der Waals surface area contributed by atoms with E-state index in [1.165, 1.54) is 11.3 Å². The Labute approximate surface area is 125 Å². The molecule has 0 saturated carbocycles. The van der Waals surface area contributed by atoms with E-state index < -0.39 is 0 Å². The molecule has 7 nitrogen and oxygen atoms in total. The summed E-state index contributed by atoms with van der Waals surface area (Å²) in [5.41, 5.74) is 8.97. The number of ether oxygens (including phenoxy) is 2. The molecule has 0 amide bonds. The monoisotopic (exact) mass is 303 g/mol. The fourth-order valence-electron chi connectivity index (χ4n) is 1.49. The van der Waals surface area contributed by atoms with Crippen molar-refractivity contribution in [3.63, 3.8) is 0 Å². The second kappa shape index (κ2) is 7.12. The Morgan fingerprint density at radius 3 is 3.10 bits per heavy atom. The second-order valence-corrected chi connectivity index (χ2v) is 4.66. The molecule has 1 aromatic carbocycles. The zero-order valence-electron chi connectivity index (χ0n) is 11.2. The van der Waals surface area contributed by atoms with Crippen LogP contribution in [0.4, 0.5) is 10.9 Å². The number of hydrazone groups is 1. The van der Waals surface area contributed by atoms with Crippen LogP contribution in [-0.4, -0.2) is 24.9 Å². The van der Waals surface area contributed by atoms with Crippen LogP contribution >= 0.6 is 11.3 Å². The summed E-state index contributed by atoms with van der Waals surface area (Å²) in [6.07, 6.45) is 1.56. The lowest BCUT2D eigenvalue weighted by Crippen LogP contribution is -1.99. The van der Waals surface area contributed by atoms with Crippen LogP contribution in [0.3, 0.4) is 0 Å². The maximum absolute atomic E-state index is 8.58. The fraction of sp³-hybridized carbons (Fsp3) is 0.154. The molecule has 0 radical (unpaired) electrons. The first-order chi connectivity index (χ1) is 10.2. The quantitative estimate of drug-likeness (QED) is 0.625. The molecule has 2 rings (SSSR count). The first-order valence-electron chi connectivity index (χ1n) is 5.91. The number of rotatable bonds is 6. The molecule has 2 aromatic rings. The summed E-state index contributed by atoms with van der Waals surface area (Å²) in [6.45, 7) is -0.0381. The van der Waals surface area contributed by atoms with Gasteiger partial charge in [-0.1, -0.05) is 0 Å². The standard InChI is InChI=1S/C13H13N5O2S/c1-19-10-2-3-11(20-5-4-14)9(6-10)7-16-18-13-17-12(15)8-21-13/h2-3,6-8H,5,15H2,1H3,(H,17,18). The molecule has 1 heterocycles. The molecule has 0 fully saturated rings. The van der Waals surface area contributed by atoms with Crippen molar-refractivity contribution in [3.05, 3.63) is 29.1 Å². The van der Waals surface area contributed by atoms with E-state index in [1.54, 1.807) is 36.9 Å². The highest BCUT2D eigenvalue weighted by atomic mass is 32.1. The van der Waals surface area contributed by atoms with E-state index in [0.29, 0.717) is 28.0 Å². The van der Waals surface area contributed by atoms with Crippen molar-refractivity contribution < 1.29 is 9.47 Å². The molecule has 8 heteroatoms. The summed E-state index contributed by atoms with van der Waals surface area (Å²) in [4.78, 5) is 4.02. The summed E-state index contributed by atoms with van der Waals surface area (Å²) in [7, 11) is 1.57. The smallest absolute Gasteiger partial charge is 0.205 e. The van der Waals surface area contributed by atoms with E-state index in [1.807, 2.05) is 6.07 Å². The molecule has 0 unspecified atom stereocenters. The Kier molecular flexibility index (Phi) is 4.95. The van der Waals surface area contributed by atoms with Crippen molar-refractivity contribution in [1.82, 2.24) is 4.98 Å². The van der Waals surface area contributed by atoms with Gasteiger partial charge in [-0.3, -0.25) is 5.43 Å². The molecule has 108 valence electrons. The number of thiazole rings is 1. The maximum Gasteiger partial charge on any atom is 0.205 e. The first kappa shape index (κ1) is 14.6. The predicted octanol–water partition coefficient (Wildman–Crippen LogP) is 2.08. The molecular formula is C13H13N5O2S. The van der Waals surface area contributed by atoms with Gasteiger partial charge in [0.05, 0.1) is 13.3 Å². The molecule has 3 N–H and O–H groups in total. The summed E-state index contributed by atoms with van der Waals surface area (Å²) in [6, 6.07) is 7.15. The van der Waals surface area contributed by atoms with Crippen LogP contribution in [0.2, 0.25) is 0 Å². The molecule has 0 saturated heterocycles. The normalized spacial score (nSPS) is 10.3. The van der Waals surface area contributed by atoms with E-state index >= 15 is 0 Å². The lowest BCUT2D eigenvalue weighted by Gasteiger charge is -2.07. The highest BCUT2D eigenvalue weighted by molar-refractivity contribution is 7.14.